The summed E-state index contributed by atoms with van der Waals surface area (Å²) in [4.78, 5) is 12.5. The Balaban J connectivity index is 1.67. The van der Waals surface area contributed by atoms with E-state index < -0.39 is 14.9 Å². The van der Waals surface area contributed by atoms with Gasteiger partial charge in [0.25, 0.3) is 5.69 Å². The summed E-state index contributed by atoms with van der Waals surface area (Å²) in [6.07, 6.45) is 0. The number of piperazine rings is 1. The lowest BCUT2D eigenvalue weighted by Crippen LogP contribution is -2.49. The fourth-order valence-electron chi connectivity index (χ4n) is 3.16. The van der Waals surface area contributed by atoms with E-state index in [-0.39, 0.29) is 16.6 Å². The van der Waals surface area contributed by atoms with Gasteiger partial charge in [-0.2, -0.15) is 4.31 Å². The third-order valence-corrected chi connectivity index (χ3v) is 6.70. The highest BCUT2D eigenvalue weighted by atomic mass is 32.2. The van der Waals surface area contributed by atoms with Crippen molar-refractivity contribution in [2.24, 2.45) is 0 Å². The first-order chi connectivity index (χ1) is 12.4. The monoisotopic (exact) mass is 375 g/mol. The fourth-order valence-corrected chi connectivity index (χ4v) is 4.58. The molecule has 0 amide bonds. The molecular formula is C18H21N3O4S. The van der Waals surface area contributed by atoms with Gasteiger partial charge in [-0.15, -0.1) is 0 Å². The molecule has 0 unspecified atom stereocenters. The summed E-state index contributed by atoms with van der Waals surface area (Å²) in [5.74, 6) is 0. The van der Waals surface area contributed by atoms with Crippen LogP contribution in [0.4, 0.5) is 5.69 Å². The summed E-state index contributed by atoms with van der Waals surface area (Å²) in [5, 5.41) is 10.7. The molecule has 7 nitrogen and oxygen atoms in total. The van der Waals surface area contributed by atoms with Gasteiger partial charge in [0.1, 0.15) is 0 Å². The van der Waals surface area contributed by atoms with Gasteiger partial charge in [0, 0.05) is 44.4 Å². The summed E-state index contributed by atoms with van der Waals surface area (Å²) in [6.45, 7) is 4.20. The molecule has 1 aliphatic heterocycles. The van der Waals surface area contributed by atoms with Crippen molar-refractivity contribution in [3.05, 3.63) is 70.3 Å². The first-order valence-corrected chi connectivity index (χ1v) is 9.87. The molecule has 0 bridgehead atoms. The van der Waals surface area contributed by atoms with Crippen molar-refractivity contribution in [2.45, 2.75) is 17.9 Å². The number of nitro groups is 1. The Hall–Kier alpha value is -2.29. The third-order valence-electron chi connectivity index (χ3n) is 4.79. The van der Waals surface area contributed by atoms with Crippen LogP contribution in [-0.4, -0.2) is 48.7 Å². The predicted octanol–water partition coefficient (Wildman–Crippen LogP) is 2.66. The minimum Gasteiger partial charge on any atom is -0.294 e. The molecular weight excluding hydrogens is 354 g/mol. The third kappa shape index (κ3) is 3.77. The molecule has 1 aliphatic rings. The molecule has 138 valence electrons. The maximum Gasteiger partial charge on any atom is 0.269 e. The highest BCUT2D eigenvalue weighted by Gasteiger charge is 2.30. The molecule has 0 aliphatic carbocycles. The Morgan fingerprint density at radius 3 is 2.08 bits per heavy atom. The summed E-state index contributed by atoms with van der Waals surface area (Å²) >= 11 is 0. The normalized spacial score (nSPS) is 17.7. The Labute approximate surface area is 153 Å². The van der Waals surface area contributed by atoms with Crippen molar-refractivity contribution in [3.8, 4) is 0 Å². The standard InChI is InChI=1S/C18H21N3O4S/c1-15(16-5-3-2-4-6-16)19-11-13-20(14-12-19)26(24,25)18-9-7-17(8-10-18)21(22)23/h2-10,15H,11-14H2,1H3/t15-/m1/s1. The molecule has 8 heteroatoms. The zero-order valence-electron chi connectivity index (χ0n) is 14.5. The maximum absolute atomic E-state index is 12.8. The van der Waals surface area contributed by atoms with Crippen LogP contribution >= 0.6 is 0 Å². The van der Waals surface area contributed by atoms with E-state index in [0.717, 1.165) is 0 Å². The topological polar surface area (TPSA) is 83.8 Å². The Morgan fingerprint density at radius 1 is 0.962 bits per heavy atom. The lowest BCUT2D eigenvalue weighted by Gasteiger charge is -2.37. The second kappa shape index (κ2) is 7.53. The largest absolute Gasteiger partial charge is 0.294 e. The number of nitro benzene ring substituents is 1. The number of rotatable bonds is 5. The van der Waals surface area contributed by atoms with E-state index in [2.05, 4.69) is 24.0 Å². The van der Waals surface area contributed by atoms with E-state index in [1.54, 1.807) is 0 Å². The van der Waals surface area contributed by atoms with Crippen molar-refractivity contribution >= 4 is 15.7 Å². The minimum absolute atomic E-state index is 0.0904. The molecule has 2 aromatic carbocycles. The minimum atomic E-state index is -3.63. The molecule has 0 aromatic heterocycles. The maximum atomic E-state index is 12.8. The van der Waals surface area contributed by atoms with Gasteiger partial charge >= 0.3 is 0 Å². The van der Waals surface area contributed by atoms with Gasteiger partial charge in [0.05, 0.1) is 9.82 Å². The lowest BCUT2D eigenvalue weighted by molar-refractivity contribution is -0.384. The first kappa shape index (κ1) is 18.5. The van der Waals surface area contributed by atoms with Gasteiger partial charge in [0.2, 0.25) is 10.0 Å². The van der Waals surface area contributed by atoms with Crippen LogP contribution in [0.2, 0.25) is 0 Å². The molecule has 26 heavy (non-hydrogen) atoms. The fraction of sp³-hybridized carbons (Fsp3) is 0.333. The lowest BCUT2D eigenvalue weighted by atomic mass is 10.1. The molecule has 3 rings (SSSR count). The van der Waals surface area contributed by atoms with Crippen LogP contribution in [0.5, 0.6) is 0 Å². The highest BCUT2D eigenvalue weighted by molar-refractivity contribution is 7.89. The van der Waals surface area contributed by atoms with E-state index in [1.807, 2.05) is 18.2 Å². The molecule has 1 fully saturated rings. The van der Waals surface area contributed by atoms with Crippen LogP contribution in [0.15, 0.2) is 59.5 Å². The Kier molecular flexibility index (Phi) is 5.36. The van der Waals surface area contributed by atoms with Crippen LogP contribution in [0.1, 0.15) is 18.5 Å². The molecule has 0 spiro atoms. The van der Waals surface area contributed by atoms with Crippen molar-refractivity contribution in [2.75, 3.05) is 26.2 Å². The summed E-state index contributed by atoms with van der Waals surface area (Å²) in [6, 6.07) is 15.4. The van der Waals surface area contributed by atoms with Gasteiger partial charge in [-0.25, -0.2) is 8.42 Å². The highest BCUT2D eigenvalue weighted by Crippen LogP contribution is 2.24. The van der Waals surface area contributed by atoms with Gasteiger partial charge in [-0.3, -0.25) is 15.0 Å². The zero-order valence-corrected chi connectivity index (χ0v) is 15.3. The summed E-state index contributed by atoms with van der Waals surface area (Å²) in [7, 11) is -3.63. The van der Waals surface area contributed by atoms with Crippen molar-refractivity contribution in [1.82, 2.24) is 9.21 Å². The molecule has 1 heterocycles. The zero-order chi connectivity index (χ0) is 18.7. The van der Waals surface area contributed by atoms with E-state index >= 15 is 0 Å². The van der Waals surface area contributed by atoms with Gasteiger partial charge in [-0.05, 0) is 24.6 Å². The second-order valence-corrected chi connectivity index (χ2v) is 8.22. The number of hydrogen-bond donors (Lipinski definition) is 0. The number of hydrogen-bond acceptors (Lipinski definition) is 5. The predicted molar refractivity (Wildman–Crippen MR) is 98.3 cm³/mol. The van der Waals surface area contributed by atoms with Crippen LogP contribution in [0.25, 0.3) is 0 Å². The van der Waals surface area contributed by atoms with Crippen LogP contribution < -0.4 is 0 Å². The van der Waals surface area contributed by atoms with Gasteiger partial charge in [-0.1, -0.05) is 30.3 Å². The molecule has 0 radical (unpaired) electrons. The van der Waals surface area contributed by atoms with Crippen molar-refractivity contribution in [3.63, 3.8) is 0 Å². The summed E-state index contributed by atoms with van der Waals surface area (Å²) < 4.78 is 27.0. The van der Waals surface area contributed by atoms with E-state index in [4.69, 9.17) is 0 Å². The number of sulfonamides is 1. The quantitative estimate of drug-likeness (QED) is 0.593. The van der Waals surface area contributed by atoms with E-state index in [1.165, 1.54) is 34.1 Å². The molecule has 1 atom stereocenters. The van der Waals surface area contributed by atoms with Crippen molar-refractivity contribution < 1.29 is 13.3 Å². The number of nitrogens with zero attached hydrogens (tertiary/aromatic N) is 3. The average molecular weight is 375 g/mol. The molecule has 1 saturated heterocycles. The Morgan fingerprint density at radius 2 is 1.54 bits per heavy atom. The van der Waals surface area contributed by atoms with Crippen LogP contribution in [-0.2, 0) is 10.0 Å². The molecule has 0 N–H and O–H groups in total. The van der Waals surface area contributed by atoms with Crippen LogP contribution in [0, 0.1) is 10.1 Å². The van der Waals surface area contributed by atoms with E-state index in [0.29, 0.717) is 26.2 Å². The molecule has 2 aromatic rings. The van der Waals surface area contributed by atoms with Crippen LogP contribution in [0.3, 0.4) is 0 Å². The number of non-ortho nitro benzene ring substituents is 1. The van der Waals surface area contributed by atoms with Gasteiger partial charge in [0.15, 0.2) is 0 Å². The smallest absolute Gasteiger partial charge is 0.269 e. The molecule has 0 saturated carbocycles. The average Bonchev–Trinajstić information content (AvgIpc) is 2.68. The second-order valence-electron chi connectivity index (χ2n) is 6.28. The SMILES string of the molecule is C[C@H](c1ccccc1)N1CCN(S(=O)(=O)c2ccc([N+](=O)[O-])cc2)CC1. The van der Waals surface area contributed by atoms with E-state index in [9.17, 15) is 18.5 Å². The first-order valence-electron chi connectivity index (χ1n) is 8.43. The number of benzene rings is 2. The Bertz CT molecular complexity index is 861. The van der Waals surface area contributed by atoms with Crippen molar-refractivity contribution in [1.29, 1.82) is 0 Å². The van der Waals surface area contributed by atoms with Gasteiger partial charge < -0.3 is 0 Å². The summed E-state index contributed by atoms with van der Waals surface area (Å²) in [5.41, 5.74) is 1.09.